The number of aryl methyl sites for hydroxylation is 1. The molecule has 0 fully saturated rings. The van der Waals surface area contributed by atoms with Crippen LogP contribution in [0.1, 0.15) is 18.1 Å². The van der Waals surface area contributed by atoms with Crippen LogP contribution in [0.25, 0.3) is 0 Å². The molecule has 0 atom stereocenters. The van der Waals surface area contributed by atoms with Crippen LogP contribution >= 0.6 is 0 Å². The van der Waals surface area contributed by atoms with E-state index < -0.39 is 0 Å². The Bertz CT molecular complexity index is 665. The molecule has 2 rings (SSSR count). The monoisotopic (exact) mass is 329 g/mol. The minimum absolute atomic E-state index is 0.726. The van der Waals surface area contributed by atoms with Crippen LogP contribution in [-0.4, -0.2) is 47.9 Å². The summed E-state index contributed by atoms with van der Waals surface area (Å²) in [5, 5.41) is 7.53. The minimum Gasteiger partial charge on any atom is -0.496 e. The number of aromatic nitrogens is 2. The van der Waals surface area contributed by atoms with Crippen molar-refractivity contribution in [3.63, 3.8) is 0 Å². The number of hydrogen-bond acceptors (Lipinski definition) is 3. The van der Waals surface area contributed by atoms with Gasteiger partial charge in [0.25, 0.3) is 0 Å². The normalized spacial score (nSPS) is 11.4. The Morgan fingerprint density at radius 3 is 2.83 bits per heavy atom. The van der Waals surface area contributed by atoms with Crippen LogP contribution < -0.4 is 10.1 Å². The zero-order valence-electron chi connectivity index (χ0n) is 15.0. The second-order valence-electron chi connectivity index (χ2n) is 5.68. The molecule has 0 saturated carbocycles. The number of rotatable bonds is 7. The van der Waals surface area contributed by atoms with Crippen molar-refractivity contribution in [3.05, 3.63) is 47.8 Å². The number of nitrogens with zero attached hydrogens (tertiary/aromatic N) is 4. The fourth-order valence-electron chi connectivity index (χ4n) is 2.53. The molecule has 0 aliphatic rings. The van der Waals surface area contributed by atoms with E-state index in [2.05, 4.69) is 28.3 Å². The van der Waals surface area contributed by atoms with Gasteiger partial charge in [-0.05, 0) is 25.0 Å². The Morgan fingerprint density at radius 2 is 2.17 bits per heavy atom. The molecule has 1 N–H and O–H groups in total. The summed E-state index contributed by atoms with van der Waals surface area (Å²) >= 11 is 0. The standard InChI is InChI=1S/C18H27N5O/c1-5-19-18(20-11-10-15-12-21-23(3)13-15)22(2)14-16-8-6-7-9-17(16)24-4/h6-9,12-13H,5,10-11,14H2,1-4H3,(H,19,20). The van der Waals surface area contributed by atoms with E-state index in [1.54, 1.807) is 7.11 Å². The molecule has 6 heteroatoms. The number of methoxy groups -OCH3 is 1. The van der Waals surface area contributed by atoms with Crippen molar-refractivity contribution in [3.8, 4) is 5.75 Å². The SMILES string of the molecule is CCNC(=NCCc1cnn(C)c1)N(C)Cc1ccccc1OC. The molecule has 0 aliphatic carbocycles. The highest BCUT2D eigenvalue weighted by Gasteiger charge is 2.09. The van der Waals surface area contributed by atoms with E-state index in [4.69, 9.17) is 9.73 Å². The Morgan fingerprint density at radius 1 is 1.38 bits per heavy atom. The van der Waals surface area contributed by atoms with E-state index in [0.717, 1.165) is 43.3 Å². The van der Waals surface area contributed by atoms with Crippen LogP contribution in [0.2, 0.25) is 0 Å². The maximum absolute atomic E-state index is 5.43. The van der Waals surface area contributed by atoms with E-state index in [-0.39, 0.29) is 0 Å². The maximum Gasteiger partial charge on any atom is 0.193 e. The molecule has 0 bridgehead atoms. The predicted octanol–water partition coefficient (Wildman–Crippen LogP) is 2.07. The highest BCUT2D eigenvalue weighted by Crippen LogP contribution is 2.18. The van der Waals surface area contributed by atoms with Crippen LogP contribution in [0.5, 0.6) is 5.75 Å². The molecule has 0 aliphatic heterocycles. The van der Waals surface area contributed by atoms with Crippen molar-refractivity contribution in [2.45, 2.75) is 19.9 Å². The van der Waals surface area contributed by atoms with Gasteiger partial charge in [-0.3, -0.25) is 9.67 Å². The van der Waals surface area contributed by atoms with Gasteiger partial charge in [-0.2, -0.15) is 5.10 Å². The quantitative estimate of drug-likeness (QED) is 0.624. The smallest absolute Gasteiger partial charge is 0.193 e. The van der Waals surface area contributed by atoms with Gasteiger partial charge in [-0.15, -0.1) is 0 Å². The van der Waals surface area contributed by atoms with Gasteiger partial charge in [0.2, 0.25) is 0 Å². The first kappa shape index (κ1) is 17.8. The highest BCUT2D eigenvalue weighted by atomic mass is 16.5. The van der Waals surface area contributed by atoms with E-state index in [0.29, 0.717) is 0 Å². The number of para-hydroxylation sites is 1. The van der Waals surface area contributed by atoms with E-state index in [1.807, 2.05) is 49.4 Å². The number of hydrogen-bond donors (Lipinski definition) is 1. The Kier molecular flexibility index (Phi) is 6.66. The summed E-state index contributed by atoms with van der Waals surface area (Å²) in [6.07, 6.45) is 4.80. The number of aliphatic imine (C=N–C) groups is 1. The number of benzene rings is 1. The van der Waals surface area contributed by atoms with Crippen LogP contribution in [0.4, 0.5) is 0 Å². The molecule has 1 heterocycles. The molecule has 1 aromatic carbocycles. The first-order chi connectivity index (χ1) is 11.6. The molecular weight excluding hydrogens is 302 g/mol. The molecule has 6 nitrogen and oxygen atoms in total. The van der Waals surface area contributed by atoms with Gasteiger partial charge in [-0.25, -0.2) is 0 Å². The Balaban J connectivity index is 2.00. The first-order valence-electron chi connectivity index (χ1n) is 8.23. The van der Waals surface area contributed by atoms with E-state index in [9.17, 15) is 0 Å². The average Bonchev–Trinajstić information content (AvgIpc) is 3.00. The molecule has 0 radical (unpaired) electrons. The highest BCUT2D eigenvalue weighted by molar-refractivity contribution is 5.79. The topological polar surface area (TPSA) is 54.7 Å². The van der Waals surface area contributed by atoms with E-state index in [1.165, 1.54) is 5.56 Å². The van der Waals surface area contributed by atoms with Crippen molar-refractivity contribution in [1.82, 2.24) is 20.0 Å². The van der Waals surface area contributed by atoms with Crippen molar-refractivity contribution in [1.29, 1.82) is 0 Å². The van der Waals surface area contributed by atoms with Crippen LogP contribution in [0.15, 0.2) is 41.7 Å². The van der Waals surface area contributed by atoms with Crippen LogP contribution in [-0.2, 0) is 20.0 Å². The second-order valence-corrected chi connectivity index (χ2v) is 5.68. The van der Waals surface area contributed by atoms with Crippen LogP contribution in [0.3, 0.4) is 0 Å². The zero-order chi connectivity index (χ0) is 17.4. The summed E-state index contributed by atoms with van der Waals surface area (Å²) in [6, 6.07) is 8.07. The lowest BCUT2D eigenvalue weighted by Crippen LogP contribution is -2.38. The predicted molar refractivity (Wildman–Crippen MR) is 97.4 cm³/mol. The zero-order valence-corrected chi connectivity index (χ0v) is 15.0. The van der Waals surface area contributed by atoms with Crippen LogP contribution in [0, 0.1) is 0 Å². The second kappa shape index (κ2) is 8.96. The van der Waals surface area contributed by atoms with Crippen molar-refractivity contribution >= 4 is 5.96 Å². The molecule has 0 unspecified atom stereocenters. The summed E-state index contributed by atoms with van der Waals surface area (Å²) in [6.45, 7) is 4.38. The third kappa shape index (κ3) is 5.01. The van der Waals surface area contributed by atoms with Gasteiger partial charge >= 0.3 is 0 Å². The van der Waals surface area contributed by atoms with Crippen molar-refractivity contribution in [2.75, 3.05) is 27.2 Å². The Labute approximate surface area is 144 Å². The van der Waals surface area contributed by atoms with Crippen molar-refractivity contribution in [2.24, 2.45) is 12.0 Å². The lowest BCUT2D eigenvalue weighted by molar-refractivity contribution is 0.396. The van der Waals surface area contributed by atoms with E-state index >= 15 is 0 Å². The van der Waals surface area contributed by atoms with Crippen molar-refractivity contribution < 1.29 is 4.74 Å². The van der Waals surface area contributed by atoms with Gasteiger partial charge in [0, 0.05) is 45.5 Å². The maximum atomic E-state index is 5.43. The number of guanidine groups is 1. The average molecular weight is 329 g/mol. The summed E-state index contributed by atoms with van der Waals surface area (Å²) < 4.78 is 7.25. The molecule has 24 heavy (non-hydrogen) atoms. The minimum atomic E-state index is 0.726. The summed E-state index contributed by atoms with van der Waals surface area (Å²) in [4.78, 5) is 6.84. The van der Waals surface area contributed by atoms with Gasteiger partial charge in [0.05, 0.1) is 13.3 Å². The first-order valence-corrected chi connectivity index (χ1v) is 8.23. The molecule has 0 saturated heterocycles. The number of ether oxygens (including phenoxy) is 1. The molecule has 0 amide bonds. The lowest BCUT2D eigenvalue weighted by atomic mass is 10.2. The van der Waals surface area contributed by atoms with Gasteiger partial charge in [0.1, 0.15) is 5.75 Å². The summed E-state index contributed by atoms with van der Waals surface area (Å²) in [5.41, 5.74) is 2.34. The Hall–Kier alpha value is -2.50. The molecular formula is C18H27N5O. The molecule has 1 aromatic heterocycles. The molecule has 2 aromatic rings. The molecule has 130 valence electrons. The third-order valence-corrected chi connectivity index (χ3v) is 3.72. The number of nitrogens with one attached hydrogen (secondary N) is 1. The summed E-state index contributed by atoms with van der Waals surface area (Å²) in [7, 11) is 5.67. The van der Waals surface area contributed by atoms with Gasteiger partial charge in [0.15, 0.2) is 5.96 Å². The molecule has 0 spiro atoms. The van der Waals surface area contributed by atoms with Gasteiger partial charge in [-0.1, -0.05) is 18.2 Å². The largest absolute Gasteiger partial charge is 0.496 e. The fourth-order valence-corrected chi connectivity index (χ4v) is 2.53. The summed E-state index contributed by atoms with van der Waals surface area (Å²) in [5.74, 6) is 1.79. The lowest BCUT2D eigenvalue weighted by Gasteiger charge is -2.23. The van der Waals surface area contributed by atoms with Gasteiger partial charge < -0.3 is 15.0 Å². The third-order valence-electron chi connectivity index (χ3n) is 3.72. The fraction of sp³-hybridized carbons (Fsp3) is 0.444.